The van der Waals surface area contributed by atoms with E-state index in [9.17, 15) is 9.90 Å². The summed E-state index contributed by atoms with van der Waals surface area (Å²) in [5.41, 5.74) is 1.79. The summed E-state index contributed by atoms with van der Waals surface area (Å²) in [7, 11) is 0. The third kappa shape index (κ3) is 1.81. The minimum absolute atomic E-state index is 0.0927. The van der Waals surface area contributed by atoms with Crippen molar-refractivity contribution in [2.75, 3.05) is 0 Å². The maximum atomic E-state index is 11.6. The lowest BCUT2D eigenvalue weighted by atomic mass is 9.50. The predicted molar refractivity (Wildman–Crippen MR) is 77.9 cm³/mol. The standard InChI is InChI=1S/C18H22O2/c1-10(19)13-2-3-17(20)16(9-13)18-14-5-11-4-12(7-14)8-15(18)6-11/h2-3,9,11-12,14-15,18,20H,4-8H2,1H3. The molecule has 0 saturated heterocycles. The number of phenols is 1. The topological polar surface area (TPSA) is 37.3 Å². The van der Waals surface area contributed by atoms with Crippen LogP contribution in [-0.2, 0) is 0 Å². The summed E-state index contributed by atoms with van der Waals surface area (Å²) < 4.78 is 0. The molecule has 4 bridgehead atoms. The Labute approximate surface area is 120 Å². The highest BCUT2D eigenvalue weighted by Gasteiger charge is 2.49. The van der Waals surface area contributed by atoms with E-state index in [4.69, 9.17) is 0 Å². The Kier molecular flexibility index (Phi) is 2.70. The van der Waals surface area contributed by atoms with E-state index in [2.05, 4.69) is 0 Å². The molecular weight excluding hydrogens is 248 g/mol. The zero-order valence-corrected chi connectivity index (χ0v) is 12.0. The summed E-state index contributed by atoms with van der Waals surface area (Å²) in [6.07, 6.45) is 6.78. The van der Waals surface area contributed by atoms with Crippen LogP contribution in [0.15, 0.2) is 18.2 Å². The summed E-state index contributed by atoms with van der Waals surface area (Å²) >= 11 is 0. The van der Waals surface area contributed by atoms with E-state index < -0.39 is 0 Å². The van der Waals surface area contributed by atoms with Gasteiger partial charge in [-0.1, -0.05) is 0 Å². The van der Waals surface area contributed by atoms with Gasteiger partial charge in [-0.3, -0.25) is 4.79 Å². The zero-order valence-electron chi connectivity index (χ0n) is 12.0. The van der Waals surface area contributed by atoms with Gasteiger partial charge in [0.2, 0.25) is 0 Å². The monoisotopic (exact) mass is 270 g/mol. The molecule has 0 heterocycles. The Bertz CT molecular complexity index is 533. The molecule has 1 aromatic carbocycles. The van der Waals surface area contributed by atoms with Gasteiger partial charge in [-0.15, -0.1) is 0 Å². The first kappa shape index (κ1) is 12.4. The van der Waals surface area contributed by atoms with Crippen LogP contribution in [0.1, 0.15) is 60.9 Å². The van der Waals surface area contributed by atoms with Gasteiger partial charge in [-0.05, 0) is 92.4 Å². The summed E-state index contributed by atoms with van der Waals surface area (Å²) in [6.45, 7) is 1.60. The van der Waals surface area contributed by atoms with Gasteiger partial charge in [0.05, 0.1) is 0 Å². The molecule has 0 atom stereocenters. The third-order valence-corrected chi connectivity index (χ3v) is 6.02. The fourth-order valence-electron chi connectivity index (χ4n) is 5.47. The average Bonchev–Trinajstić information content (AvgIpc) is 2.39. The van der Waals surface area contributed by atoms with Crippen LogP contribution >= 0.6 is 0 Å². The van der Waals surface area contributed by atoms with Gasteiger partial charge in [0, 0.05) is 5.56 Å². The van der Waals surface area contributed by atoms with Crippen LogP contribution in [0.4, 0.5) is 0 Å². The van der Waals surface area contributed by atoms with Crippen LogP contribution in [-0.4, -0.2) is 10.9 Å². The van der Waals surface area contributed by atoms with E-state index in [1.165, 1.54) is 32.1 Å². The third-order valence-electron chi connectivity index (χ3n) is 6.02. The summed E-state index contributed by atoms with van der Waals surface area (Å²) in [5.74, 6) is 4.32. The minimum atomic E-state index is 0.0927. The van der Waals surface area contributed by atoms with Crippen molar-refractivity contribution in [1.29, 1.82) is 0 Å². The molecule has 1 aromatic rings. The van der Waals surface area contributed by atoms with E-state index in [1.807, 2.05) is 6.07 Å². The Balaban J connectivity index is 1.74. The van der Waals surface area contributed by atoms with Crippen molar-refractivity contribution in [3.8, 4) is 5.75 Å². The number of phenolic OH excluding ortho intramolecular Hbond substituents is 1. The lowest BCUT2D eigenvalue weighted by molar-refractivity contribution is -0.00349. The molecule has 106 valence electrons. The van der Waals surface area contributed by atoms with Gasteiger partial charge in [-0.25, -0.2) is 0 Å². The van der Waals surface area contributed by atoms with Crippen LogP contribution in [0.5, 0.6) is 5.75 Å². The van der Waals surface area contributed by atoms with Crippen LogP contribution < -0.4 is 0 Å². The molecule has 4 aliphatic rings. The normalized spacial score (nSPS) is 38.1. The van der Waals surface area contributed by atoms with Crippen molar-refractivity contribution in [3.05, 3.63) is 29.3 Å². The molecule has 0 aromatic heterocycles. The van der Waals surface area contributed by atoms with Gasteiger partial charge in [0.25, 0.3) is 0 Å². The number of carbonyl (C=O) groups excluding carboxylic acids is 1. The molecule has 1 N–H and O–H groups in total. The van der Waals surface area contributed by atoms with Gasteiger partial charge in [0.1, 0.15) is 5.75 Å². The molecular formula is C18H22O2. The van der Waals surface area contributed by atoms with E-state index in [0.29, 0.717) is 11.7 Å². The lowest BCUT2D eigenvalue weighted by Crippen LogP contribution is -2.43. The highest BCUT2D eigenvalue weighted by molar-refractivity contribution is 5.94. The second kappa shape index (κ2) is 4.34. The predicted octanol–water partition coefficient (Wildman–Crippen LogP) is 4.13. The first-order valence-corrected chi connectivity index (χ1v) is 7.95. The molecule has 20 heavy (non-hydrogen) atoms. The molecule has 4 saturated carbocycles. The molecule has 0 radical (unpaired) electrons. The first-order chi connectivity index (χ1) is 9.61. The molecule has 2 heteroatoms. The van der Waals surface area contributed by atoms with Gasteiger partial charge in [-0.2, -0.15) is 0 Å². The molecule has 0 amide bonds. The summed E-state index contributed by atoms with van der Waals surface area (Å²) in [6, 6.07) is 5.43. The first-order valence-electron chi connectivity index (χ1n) is 7.95. The summed E-state index contributed by atoms with van der Waals surface area (Å²) in [5, 5.41) is 10.3. The number of carbonyl (C=O) groups is 1. The molecule has 2 nitrogen and oxygen atoms in total. The van der Waals surface area contributed by atoms with Gasteiger partial charge in [0.15, 0.2) is 5.78 Å². The number of hydrogen-bond donors (Lipinski definition) is 1. The Morgan fingerprint density at radius 1 is 1.05 bits per heavy atom. The van der Waals surface area contributed by atoms with Crippen LogP contribution in [0.3, 0.4) is 0 Å². The van der Waals surface area contributed by atoms with Crippen molar-refractivity contribution in [3.63, 3.8) is 0 Å². The van der Waals surface area contributed by atoms with Crippen molar-refractivity contribution in [1.82, 2.24) is 0 Å². The largest absolute Gasteiger partial charge is 0.508 e. The fourth-order valence-corrected chi connectivity index (χ4v) is 5.47. The van der Waals surface area contributed by atoms with Gasteiger partial charge < -0.3 is 5.11 Å². The highest BCUT2D eigenvalue weighted by Crippen LogP contribution is 2.60. The number of rotatable bonds is 2. The molecule has 0 spiro atoms. The number of hydrogen-bond acceptors (Lipinski definition) is 2. The number of ketones is 1. The SMILES string of the molecule is CC(=O)c1ccc(O)c(C2C3CC4CC(C3)CC2C4)c1. The molecule has 4 fully saturated rings. The van der Waals surface area contributed by atoms with Crippen LogP contribution in [0.2, 0.25) is 0 Å². The summed E-state index contributed by atoms with van der Waals surface area (Å²) in [4.78, 5) is 11.6. The molecule has 5 rings (SSSR count). The maximum absolute atomic E-state index is 11.6. The fraction of sp³-hybridized carbons (Fsp3) is 0.611. The van der Waals surface area contributed by atoms with Crippen LogP contribution in [0.25, 0.3) is 0 Å². The highest BCUT2D eigenvalue weighted by atomic mass is 16.3. The van der Waals surface area contributed by atoms with E-state index in [-0.39, 0.29) is 5.78 Å². The minimum Gasteiger partial charge on any atom is -0.508 e. The Hall–Kier alpha value is -1.31. The molecule has 4 aliphatic carbocycles. The van der Waals surface area contributed by atoms with E-state index in [1.54, 1.807) is 19.1 Å². The zero-order chi connectivity index (χ0) is 13.9. The van der Waals surface area contributed by atoms with Crippen LogP contribution in [0, 0.1) is 23.7 Å². The molecule has 0 unspecified atom stereocenters. The van der Waals surface area contributed by atoms with Gasteiger partial charge >= 0.3 is 0 Å². The molecule has 0 aliphatic heterocycles. The van der Waals surface area contributed by atoms with E-state index in [0.717, 1.165) is 34.8 Å². The van der Waals surface area contributed by atoms with Crippen molar-refractivity contribution < 1.29 is 9.90 Å². The second-order valence-electron chi connectivity index (χ2n) is 7.29. The second-order valence-corrected chi connectivity index (χ2v) is 7.29. The Morgan fingerprint density at radius 3 is 2.20 bits per heavy atom. The number of Topliss-reactive ketones (excluding diaryl/α,β-unsaturated/α-hetero) is 1. The van der Waals surface area contributed by atoms with E-state index >= 15 is 0 Å². The smallest absolute Gasteiger partial charge is 0.159 e. The van der Waals surface area contributed by atoms with Crippen molar-refractivity contribution in [2.24, 2.45) is 23.7 Å². The maximum Gasteiger partial charge on any atom is 0.159 e. The quantitative estimate of drug-likeness (QED) is 0.820. The van der Waals surface area contributed by atoms with Crippen molar-refractivity contribution in [2.45, 2.75) is 44.9 Å². The Morgan fingerprint density at radius 2 is 1.65 bits per heavy atom. The average molecular weight is 270 g/mol. The lowest BCUT2D eigenvalue weighted by Gasteiger charge is -2.54. The van der Waals surface area contributed by atoms with Crippen molar-refractivity contribution >= 4 is 5.78 Å². The number of aromatic hydroxyl groups is 1. The number of benzene rings is 1.